The van der Waals surface area contributed by atoms with Crippen LogP contribution in [0.4, 0.5) is 11.4 Å². The fraction of sp³-hybridized carbons (Fsp3) is 0.619. The third-order valence-electron chi connectivity index (χ3n) is 5.13. The molecule has 1 aromatic carbocycles. The van der Waals surface area contributed by atoms with Crippen LogP contribution in [-0.2, 0) is 9.59 Å². The van der Waals surface area contributed by atoms with Crippen LogP contribution in [0.25, 0.3) is 0 Å². The van der Waals surface area contributed by atoms with Gasteiger partial charge < -0.3 is 15.1 Å². The molecule has 1 aromatic rings. The van der Waals surface area contributed by atoms with E-state index >= 15 is 0 Å². The molecule has 29 heavy (non-hydrogen) atoms. The Labute approximate surface area is 172 Å². The molecule has 0 bridgehead atoms. The normalized spacial score (nSPS) is 14.2. The van der Waals surface area contributed by atoms with E-state index in [9.17, 15) is 19.7 Å². The van der Waals surface area contributed by atoms with E-state index in [-0.39, 0.29) is 17.5 Å². The Balaban J connectivity index is 1.63. The van der Waals surface area contributed by atoms with Crippen molar-refractivity contribution in [2.24, 2.45) is 5.92 Å². The van der Waals surface area contributed by atoms with E-state index < -0.39 is 4.92 Å². The fourth-order valence-electron chi connectivity index (χ4n) is 3.38. The highest BCUT2D eigenvalue weighted by Gasteiger charge is 2.21. The van der Waals surface area contributed by atoms with Gasteiger partial charge in [-0.15, -0.1) is 0 Å². The molecular formula is C21H32N4O4. The number of rotatable bonds is 10. The van der Waals surface area contributed by atoms with Crippen molar-refractivity contribution in [3.05, 3.63) is 34.4 Å². The molecule has 1 aliphatic rings. The zero-order valence-electron chi connectivity index (χ0n) is 17.4. The van der Waals surface area contributed by atoms with Crippen LogP contribution in [0.2, 0.25) is 0 Å². The van der Waals surface area contributed by atoms with Crippen LogP contribution in [0.15, 0.2) is 24.3 Å². The van der Waals surface area contributed by atoms with E-state index in [0.29, 0.717) is 57.9 Å². The van der Waals surface area contributed by atoms with Crippen LogP contribution < -0.4 is 10.2 Å². The number of benzene rings is 1. The standard InChI is InChI=1S/C21H32N4O4/c1-17(2)5-3-6-20(26)22-12-4-7-21(27)24-15-13-23(14-16-24)18-8-10-19(11-9-18)25(28)29/h8-11,17H,3-7,12-16H2,1-2H3,(H,22,26). The van der Waals surface area contributed by atoms with Gasteiger partial charge in [0, 0.05) is 63.4 Å². The van der Waals surface area contributed by atoms with Gasteiger partial charge >= 0.3 is 0 Å². The van der Waals surface area contributed by atoms with E-state index in [0.717, 1.165) is 18.5 Å². The van der Waals surface area contributed by atoms with Crippen molar-refractivity contribution < 1.29 is 14.5 Å². The highest BCUT2D eigenvalue weighted by atomic mass is 16.6. The second-order valence-electron chi connectivity index (χ2n) is 7.88. The lowest BCUT2D eigenvalue weighted by molar-refractivity contribution is -0.384. The summed E-state index contributed by atoms with van der Waals surface area (Å²) in [5.74, 6) is 0.790. The Morgan fingerprint density at radius 2 is 1.72 bits per heavy atom. The van der Waals surface area contributed by atoms with Crippen LogP contribution in [0.5, 0.6) is 0 Å². The molecule has 0 spiro atoms. The van der Waals surface area contributed by atoms with E-state index in [4.69, 9.17) is 0 Å². The summed E-state index contributed by atoms with van der Waals surface area (Å²) in [7, 11) is 0. The average molecular weight is 405 g/mol. The molecule has 8 heteroatoms. The summed E-state index contributed by atoms with van der Waals surface area (Å²) in [6, 6.07) is 6.51. The molecule has 2 amide bonds. The monoisotopic (exact) mass is 404 g/mol. The summed E-state index contributed by atoms with van der Waals surface area (Å²) in [6.45, 7) is 7.51. The van der Waals surface area contributed by atoms with Crippen LogP contribution >= 0.6 is 0 Å². The van der Waals surface area contributed by atoms with Crippen molar-refractivity contribution in [3.8, 4) is 0 Å². The quantitative estimate of drug-likeness (QED) is 0.367. The van der Waals surface area contributed by atoms with E-state index in [2.05, 4.69) is 24.1 Å². The SMILES string of the molecule is CC(C)CCCC(=O)NCCCC(=O)N1CCN(c2ccc([N+](=O)[O-])cc2)CC1. The van der Waals surface area contributed by atoms with Gasteiger partial charge in [-0.1, -0.05) is 20.3 Å². The number of non-ortho nitro benzene ring substituents is 1. The summed E-state index contributed by atoms with van der Waals surface area (Å²) >= 11 is 0. The maximum absolute atomic E-state index is 12.4. The van der Waals surface area contributed by atoms with Gasteiger partial charge in [0.25, 0.3) is 5.69 Å². The molecule has 1 heterocycles. The van der Waals surface area contributed by atoms with E-state index in [1.54, 1.807) is 12.1 Å². The first-order chi connectivity index (χ1) is 13.9. The highest BCUT2D eigenvalue weighted by Crippen LogP contribution is 2.20. The molecule has 1 saturated heterocycles. The van der Waals surface area contributed by atoms with Gasteiger partial charge in [-0.05, 0) is 30.9 Å². The minimum Gasteiger partial charge on any atom is -0.368 e. The second-order valence-corrected chi connectivity index (χ2v) is 7.88. The average Bonchev–Trinajstić information content (AvgIpc) is 2.71. The molecular weight excluding hydrogens is 372 g/mol. The number of carbonyl (C=O) groups excluding carboxylic acids is 2. The first kappa shape index (κ1) is 22.6. The number of carbonyl (C=O) groups is 2. The van der Waals surface area contributed by atoms with Crippen molar-refractivity contribution in [1.29, 1.82) is 0 Å². The van der Waals surface area contributed by atoms with E-state index in [1.165, 1.54) is 12.1 Å². The molecule has 0 aromatic heterocycles. The summed E-state index contributed by atoms with van der Waals surface area (Å²) in [4.78, 5) is 38.4. The van der Waals surface area contributed by atoms with Crippen LogP contribution in [-0.4, -0.2) is 54.4 Å². The molecule has 0 atom stereocenters. The van der Waals surface area contributed by atoms with Gasteiger partial charge in [0.05, 0.1) is 4.92 Å². The summed E-state index contributed by atoms with van der Waals surface area (Å²) in [6.07, 6.45) is 3.59. The lowest BCUT2D eigenvalue weighted by Gasteiger charge is -2.36. The number of amides is 2. The van der Waals surface area contributed by atoms with Crippen molar-refractivity contribution in [3.63, 3.8) is 0 Å². The van der Waals surface area contributed by atoms with Crippen LogP contribution in [0, 0.1) is 16.0 Å². The van der Waals surface area contributed by atoms with Gasteiger partial charge in [-0.2, -0.15) is 0 Å². The van der Waals surface area contributed by atoms with Gasteiger partial charge in [0.15, 0.2) is 0 Å². The number of hydrogen-bond donors (Lipinski definition) is 1. The molecule has 1 fully saturated rings. The molecule has 0 unspecified atom stereocenters. The molecule has 8 nitrogen and oxygen atoms in total. The molecule has 160 valence electrons. The van der Waals surface area contributed by atoms with Crippen molar-refractivity contribution >= 4 is 23.2 Å². The zero-order chi connectivity index (χ0) is 21.2. The van der Waals surface area contributed by atoms with Gasteiger partial charge in [-0.25, -0.2) is 0 Å². The Morgan fingerprint density at radius 1 is 1.07 bits per heavy atom. The Bertz CT molecular complexity index is 682. The summed E-state index contributed by atoms with van der Waals surface area (Å²) in [5.41, 5.74) is 1.01. The minimum absolute atomic E-state index is 0.0646. The Hall–Kier alpha value is -2.64. The number of piperazine rings is 1. The van der Waals surface area contributed by atoms with Crippen LogP contribution in [0.1, 0.15) is 46.0 Å². The van der Waals surface area contributed by atoms with E-state index in [1.807, 2.05) is 4.90 Å². The summed E-state index contributed by atoms with van der Waals surface area (Å²) < 4.78 is 0. The number of nitrogens with one attached hydrogen (secondary N) is 1. The molecule has 2 rings (SSSR count). The third kappa shape index (κ3) is 7.71. The maximum Gasteiger partial charge on any atom is 0.269 e. The zero-order valence-corrected chi connectivity index (χ0v) is 17.4. The van der Waals surface area contributed by atoms with Gasteiger partial charge in [0.1, 0.15) is 0 Å². The predicted octanol–water partition coefficient (Wildman–Crippen LogP) is 2.97. The minimum atomic E-state index is -0.408. The third-order valence-corrected chi connectivity index (χ3v) is 5.13. The molecule has 0 radical (unpaired) electrons. The van der Waals surface area contributed by atoms with Crippen molar-refractivity contribution in [1.82, 2.24) is 10.2 Å². The fourth-order valence-corrected chi connectivity index (χ4v) is 3.38. The van der Waals surface area contributed by atoms with Crippen molar-refractivity contribution in [2.75, 3.05) is 37.6 Å². The molecule has 0 aliphatic carbocycles. The van der Waals surface area contributed by atoms with Crippen molar-refractivity contribution in [2.45, 2.75) is 46.0 Å². The highest BCUT2D eigenvalue weighted by molar-refractivity contribution is 5.77. The number of hydrogen-bond acceptors (Lipinski definition) is 5. The first-order valence-electron chi connectivity index (χ1n) is 10.4. The second kappa shape index (κ2) is 11.4. The predicted molar refractivity (Wildman–Crippen MR) is 113 cm³/mol. The number of nitrogens with zero attached hydrogens (tertiary/aromatic N) is 3. The van der Waals surface area contributed by atoms with Gasteiger partial charge in [0.2, 0.25) is 11.8 Å². The maximum atomic E-state index is 12.4. The lowest BCUT2D eigenvalue weighted by Crippen LogP contribution is -2.48. The smallest absolute Gasteiger partial charge is 0.269 e. The molecule has 1 N–H and O–H groups in total. The molecule has 0 saturated carbocycles. The number of nitro groups is 1. The topological polar surface area (TPSA) is 95.8 Å². The Kier molecular flexibility index (Phi) is 8.89. The number of nitro benzene ring substituents is 1. The largest absolute Gasteiger partial charge is 0.368 e. The van der Waals surface area contributed by atoms with Gasteiger partial charge in [-0.3, -0.25) is 19.7 Å². The first-order valence-corrected chi connectivity index (χ1v) is 10.4. The number of anilines is 1. The lowest BCUT2D eigenvalue weighted by atomic mass is 10.1. The molecule has 1 aliphatic heterocycles. The Morgan fingerprint density at radius 3 is 2.31 bits per heavy atom. The summed E-state index contributed by atoms with van der Waals surface area (Å²) in [5, 5.41) is 13.6. The van der Waals surface area contributed by atoms with Crippen LogP contribution in [0.3, 0.4) is 0 Å².